The Hall–Kier alpha value is -1.72. The third-order valence-corrected chi connectivity index (χ3v) is 5.52. The number of hydrogen-bond donors (Lipinski definition) is 1. The van der Waals surface area contributed by atoms with Crippen LogP contribution in [0.15, 0.2) is 48.5 Å². The predicted octanol–water partition coefficient (Wildman–Crippen LogP) is 3.88. The van der Waals surface area contributed by atoms with Gasteiger partial charge in [-0.15, -0.1) is 0 Å². The van der Waals surface area contributed by atoms with E-state index in [4.69, 9.17) is 11.6 Å². The van der Waals surface area contributed by atoms with Crippen LogP contribution in [0.3, 0.4) is 0 Å². The highest BCUT2D eigenvalue weighted by molar-refractivity contribution is 7.91. The summed E-state index contributed by atoms with van der Waals surface area (Å²) in [5.74, 6) is -0.138. The molecular weight excluding hydrogens is 332 g/mol. The topological polar surface area (TPSA) is 49.4 Å². The summed E-state index contributed by atoms with van der Waals surface area (Å²) in [6.07, 6.45) is 2.43. The van der Waals surface area contributed by atoms with Crippen LogP contribution >= 0.6 is 11.6 Å². The van der Waals surface area contributed by atoms with Crippen molar-refractivity contribution >= 4 is 33.0 Å². The highest BCUT2D eigenvalue weighted by Gasteiger charge is 2.15. The Labute approximate surface area is 142 Å². The third-order valence-electron chi connectivity index (χ3n) is 3.92. The molecule has 1 heterocycles. The standard InChI is InChI=1S/C17H19ClN2O2S/c18-17-6-2-1-5-14(17)13-23(21,22)19-15-7-9-16(10-8-15)20-11-3-4-12-20/h1-2,5-10,19H,3-4,11-13H2. The minimum Gasteiger partial charge on any atom is -0.372 e. The molecule has 0 saturated carbocycles. The third kappa shape index (κ3) is 4.18. The Bertz CT molecular complexity index is 769. The first-order valence-electron chi connectivity index (χ1n) is 7.62. The molecule has 23 heavy (non-hydrogen) atoms. The number of rotatable bonds is 5. The lowest BCUT2D eigenvalue weighted by molar-refractivity contribution is 0.600. The van der Waals surface area contributed by atoms with E-state index in [0.717, 1.165) is 18.8 Å². The van der Waals surface area contributed by atoms with Crippen LogP contribution in [0.1, 0.15) is 18.4 Å². The molecule has 6 heteroatoms. The zero-order chi connectivity index (χ0) is 16.3. The summed E-state index contributed by atoms with van der Waals surface area (Å²) < 4.78 is 27.2. The maximum absolute atomic E-state index is 12.3. The minimum absolute atomic E-state index is 0.138. The molecule has 1 aliphatic rings. The maximum atomic E-state index is 12.3. The zero-order valence-electron chi connectivity index (χ0n) is 12.7. The van der Waals surface area contributed by atoms with Crippen molar-refractivity contribution in [3.8, 4) is 0 Å². The molecule has 0 radical (unpaired) electrons. The van der Waals surface area contributed by atoms with E-state index in [1.807, 2.05) is 12.1 Å². The molecule has 0 aromatic heterocycles. The van der Waals surface area contributed by atoms with Crippen LogP contribution in [0.5, 0.6) is 0 Å². The zero-order valence-corrected chi connectivity index (χ0v) is 14.3. The molecule has 2 aromatic rings. The first-order valence-corrected chi connectivity index (χ1v) is 9.65. The molecule has 0 atom stereocenters. The van der Waals surface area contributed by atoms with E-state index in [9.17, 15) is 8.42 Å². The summed E-state index contributed by atoms with van der Waals surface area (Å²) in [7, 11) is -3.49. The second-order valence-electron chi connectivity index (χ2n) is 5.69. The molecule has 0 aliphatic carbocycles. The van der Waals surface area contributed by atoms with Crippen LogP contribution in [-0.2, 0) is 15.8 Å². The normalized spacial score (nSPS) is 14.9. The Kier molecular flexibility index (Phi) is 4.78. The molecule has 122 valence electrons. The van der Waals surface area contributed by atoms with Crippen LogP contribution in [0, 0.1) is 0 Å². The van der Waals surface area contributed by atoms with E-state index in [1.165, 1.54) is 12.8 Å². The Morgan fingerprint density at radius 2 is 1.65 bits per heavy atom. The van der Waals surface area contributed by atoms with Gasteiger partial charge in [0.1, 0.15) is 0 Å². The Balaban J connectivity index is 1.69. The van der Waals surface area contributed by atoms with Gasteiger partial charge >= 0.3 is 0 Å². The smallest absolute Gasteiger partial charge is 0.236 e. The molecule has 2 aromatic carbocycles. The molecule has 1 fully saturated rings. The van der Waals surface area contributed by atoms with E-state index in [2.05, 4.69) is 9.62 Å². The average molecular weight is 351 g/mol. The predicted molar refractivity (Wildman–Crippen MR) is 95.6 cm³/mol. The molecule has 1 saturated heterocycles. The van der Waals surface area contributed by atoms with Crippen LogP contribution in [0.2, 0.25) is 5.02 Å². The average Bonchev–Trinajstić information content (AvgIpc) is 3.04. The van der Waals surface area contributed by atoms with Gasteiger partial charge in [0.05, 0.1) is 5.75 Å². The first kappa shape index (κ1) is 16.1. The van der Waals surface area contributed by atoms with Gasteiger partial charge in [-0.05, 0) is 48.7 Å². The van der Waals surface area contributed by atoms with Crippen molar-refractivity contribution in [1.29, 1.82) is 0 Å². The molecular formula is C17H19ClN2O2S. The molecule has 0 amide bonds. The van der Waals surface area contributed by atoms with Crippen molar-refractivity contribution in [2.24, 2.45) is 0 Å². The highest BCUT2D eigenvalue weighted by atomic mass is 35.5. The molecule has 4 nitrogen and oxygen atoms in total. The lowest BCUT2D eigenvalue weighted by Gasteiger charge is -2.18. The minimum atomic E-state index is -3.49. The van der Waals surface area contributed by atoms with Gasteiger partial charge in [-0.1, -0.05) is 29.8 Å². The quantitative estimate of drug-likeness (QED) is 0.890. The van der Waals surface area contributed by atoms with Crippen molar-refractivity contribution in [1.82, 2.24) is 0 Å². The van der Waals surface area contributed by atoms with Gasteiger partial charge < -0.3 is 4.90 Å². The largest absolute Gasteiger partial charge is 0.372 e. The number of hydrogen-bond acceptors (Lipinski definition) is 3. The van der Waals surface area contributed by atoms with Crippen LogP contribution < -0.4 is 9.62 Å². The summed E-state index contributed by atoms with van der Waals surface area (Å²) in [4.78, 5) is 2.31. The highest BCUT2D eigenvalue weighted by Crippen LogP contribution is 2.23. The monoisotopic (exact) mass is 350 g/mol. The van der Waals surface area contributed by atoms with Crippen molar-refractivity contribution in [2.45, 2.75) is 18.6 Å². The number of anilines is 2. The number of halogens is 1. The van der Waals surface area contributed by atoms with Gasteiger partial charge in [0, 0.05) is 29.5 Å². The number of nitrogens with one attached hydrogen (secondary N) is 1. The summed E-state index contributed by atoms with van der Waals surface area (Å²) in [5, 5.41) is 0.460. The Morgan fingerprint density at radius 3 is 2.30 bits per heavy atom. The van der Waals surface area contributed by atoms with Crippen LogP contribution in [0.25, 0.3) is 0 Å². The lowest BCUT2D eigenvalue weighted by Crippen LogP contribution is -2.18. The second-order valence-corrected chi connectivity index (χ2v) is 7.82. The van der Waals surface area contributed by atoms with E-state index < -0.39 is 10.0 Å². The van der Waals surface area contributed by atoms with Crippen LogP contribution in [0.4, 0.5) is 11.4 Å². The Morgan fingerprint density at radius 1 is 1.00 bits per heavy atom. The fourth-order valence-corrected chi connectivity index (χ4v) is 4.26. The van der Waals surface area contributed by atoms with E-state index in [1.54, 1.807) is 36.4 Å². The van der Waals surface area contributed by atoms with E-state index in [0.29, 0.717) is 16.3 Å². The second kappa shape index (κ2) is 6.81. The van der Waals surface area contributed by atoms with Crippen LogP contribution in [-0.4, -0.2) is 21.5 Å². The van der Waals surface area contributed by atoms with E-state index >= 15 is 0 Å². The molecule has 1 aliphatic heterocycles. The lowest BCUT2D eigenvalue weighted by atomic mass is 10.2. The van der Waals surface area contributed by atoms with Crippen molar-refractivity contribution in [2.75, 3.05) is 22.7 Å². The number of benzene rings is 2. The van der Waals surface area contributed by atoms with Crippen molar-refractivity contribution < 1.29 is 8.42 Å². The first-order chi connectivity index (χ1) is 11.0. The number of sulfonamides is 1. The van der Waals surface area contributed by atoms with Gasteiger partial charge in [-0.3, -0.25) is 4.72 Å². The summed E-state index contributed by atoms with van der Waals surface area (Å²) >= 11 is 6.03. The molecule has 3 rings (SSSR count). The molecule has 1 N–H and O–H groups in total. The van der Waals surface area contributed by atoms with Gasteiger partial charge in [-0.2, -0.15) is 0 Å². The van der Waals surface area contributed by atoms with Gasteiger partial charge in [-0.25, -0.2) is 8.42 Å². The molecule has 0 spiro atoms. The molecule has 0 bridgehead atoms. The maximum Gasteiger partial charge on any atom is 0.236 e. The van der Waals surface area contributed by atoms with Gasteiger partial charge in [0.15, 0.2) is 0 Å². The van der Waals surface area contributed by atoms with Gasteiger partial charge in [0.2, 0.25) is 10.0 Å². The fourth-order valence-electron chi connectivity index (χ4n) is 2.75. The SMILES string of the molecule is O=S(=O)(Cc1ccccc1Cl)Nc1ccc(N2CCCC2)cc1. The van der Waals surface area contributed by atoms with E-state index in [-0.39, 0.29) is 5.75 Å². The molecule has 0 unspecified atom stereocenters. The summed E-state index contributed by atoms with van der Waals surface area (Å²) in [5.41, 5.74) is 2.30. The van der Waals surface area contributed by atoms with Gasteiger partial charge in [0.25, 0.3) is 0 Å². The fraction of sp³-hybridized carbons (Fsp3) is 0.294. The summed E-state index contributed by atoms with van der Waals surface area (Å²) in [6.45, 7) is 2.13. The van der Waals surface area contributed by atoms with Crippen molar-refractivity contribution in [3.05, 3.63) is 59.1 Å². The number of nitrogens with zero attached hydrogens (tertiary/aromatic N) is 1. The summed E-state index contributed by atoms with van der Waals surface area (Å²) in [6, 6.07) is 14.5. The van der Waals surface area contributed by atoms with Crippen molar-refractivity contribution in [3.63, 3.8) is 0 Å².